The summed E-state index contributed by atoms with van der Waals surface area (Å²) >= 11 is 2.00. The van der Waals surface area contributed by atoms with Crippen molar-refractivity contribution in [1.29, 1.82) is 0 Å². The molecular formula is C12H8F3IN4S. The Morgan fingerprint density at radius 1 is 1.33 bits per heavy atom. The van der Waals surface area contributed by atoms with Crippen LogP contribution in [-0.4, -0.2) is 27.5 Å². The smallest absolute Gasteiger partial charge is 0.353 e. The fourth-order valence-corrected chi connectivity index (χ4v) is 2.53. The van der Waals surface area contributed by atoms with Gasteiger partial charge in [-0.05, 0) is 26.5 Å². The minimum absolute atomic E-state index is 0.217. The van der Waals surface area contributed by atoms with Crippen molar-refractivity contribution in [3.63, 3.8) is 0 Å². The van der Waals surface area contributed by atoms with Gasteiger partial charge < -0.3 is 4.90 Å². The van der Waals surface area contributed by atoms with Crippen molar-refractivity contribution in [3.05, 3.63) is 23.8 Å². The molecule has 0 aliphatic carbocycles. The molecule has 0 atom stereocenters. The maximum atomic E-state index is 13.0. The van der Waals surface area contributed by atoms with Gasteiger partial charge in [-0.1, -0.05) is 0 Å². The molecule has 0 saturated carbocycles. The summed E-state index contributed by atoms with van der Waals surface area (Å²) in [5, 5.41) is 2.74. The molecule has 0 N–H and O–H groups in total. The van der Waals surface area contributed by atoms with Crippen LogP contribution in [0.1, 0.15) is 17.8 Å². The molecule has 1 saturated heterocycles. The zero-order valence-electron chi connectivity index (χ0n) is 10.5. The van der Waals surface area contributed by atoms with Gasteiger partial charge in [-0.25, -0.2) is 9.97 Å². The minimum Gasteiger partial charge on any atom is -0.353 e. The van der Waals surface area contributed by atoms with Crippen LogP contribution in [-0.2, 0) is 6.18 Å². The molecule has 1 aliphatic rings. The normalized spacial score (nSPS) is 14.8. The number of anilines is 1. The molecule has 9 heteroatoms. The maximum absolute atomic E-state index is 13.0. The molecule has 0 aromatic carbocycles. The summed E-state index contributed by atoms with van der Waals surface area (Å²) in [4.78, 5) is 10.1. The molecule has 0 bridgehead atoms. The highest BCUT2D eigenvalue weighted by atomic mass is 127. The zero-order valence-corrected chi connectivity index (χ0v) is 13.5. The quantitative estimate of drug-likeness (QED) is 0.520. The lowest BCUT2D eigenvalue weighted by atomic mass is 10.2. The molecule has 1 fully saturated rings. The molecule has 1 aliphatic heterocycles. The third-order valence-corrected chi connectivity index (χ3v) is 3.98. The van der Waals surface area contributed by atoms with E-state index in [9.17, 15) is 13.2 Å². The van der Waals surface area contributed by atoms with E-state index >= 15 is 0 Å². The van der Waals surface area contributed by atoms with Crippen LogP contribution in [0.25, 0.3) is 5.65 Å². The monoisotopic (exact) mass is 424 g/mol. The summed E-state index contributed by atoms with van der Waals surface area (Å²) in [5.41, 5.74) is -0.293. The average Bonchev–Trinajstić information content (AvgIpc) is 2.78. The molecule has 21 heavy (non-hydrogen) atoms. The molecule has 3 heterocycles. The van der Waals surface area contributed by atoms with E-state index in [4.69, 9.17) is 0 Å². The van der Waals surface area contributed by atoms with E-state index in [0.717, 1.165) is 30.1 Å². The van der Waals surface area contributed by atoms with Crippen LogP contribution in [0.2, 0.25) is 0 Å². The highest BCUT2D eigenvalue weighted by Crippen LogP contribution is 2.32. The summed E-state index contributed by atoms with van der Waals surface area (Å²) < 4.78 is 40.1. The van der Waals surface area contributed by atoms with Crippen LogP contribution < -0.4 is 4.90 Å². The number of hydrogen-bond donors (Lipinski definition) is 0. The lowest BCUT2D eigenvalue weighted by molar-refractivity contribution is -0.141. The molecule has 2 aromatic heterocycles. The van der Waals surface area contributed by atoms with E-state index in [2.05, 4.69) is 21.1 Å². The van der Waals surface area contributed by atoms with E-state index in [1.165, 1.54) is 15.1 Å². The van der Waals surface area contributed by atoms with Gasteiger partial charge in [0.2, 0.25) is 0 Å². The van der Waals surface area contributed by atoms with Crippen molar-refractivity contribution in [2.75, 3.05) is 18.0 Å². The Hall–Kier alpha value is -1.15. The van der Waals surface area contributed by atoms with Gasteiger partial charge in [0.05, 0.1) is 6.20 Å². The summed E-state index contributed by atoms with van der Waals surface area (Å²) in [6, 6.07) is 0. The van der Waals surface area contributed by atoms with E-state index in [1.807, 2.05) is 26.1 Å². The van der Waals surface area contributed by atoms with Crippen LogP contribution >= 0.6 is 30.1 Å². The number of hydrogen-bond acceptors (Lipinski definition) is 4. The Labute approximate surface area is 134 Å². The van der Waals surface area contributed by atoms with Gasteiger partial charge >= 0.3 is 6.18 Å². The Bertz CT molecular complexity index is 743. The van der Waals surface area contributed by atoms with Crippen LogP contribution in [0.5, 0.6) is 0 Å². The second kappa shape index (κ2) is 5.57. The maximum Gasteiger partial charge on any atom is 0.433 e. The number of halogens is 4. The first-order valence-corrected chi connectivity index (χ1v) is 9.35. The Kier molecular flexibility index (Phi) is 3.92. The first-order valence-electron chi connectivity index (χ1n) is 5.99. The third kappa shape index (κ3) is 2.78. The van der Waals surface area contributed by atoms with E-state index in [0.29, 0.717) is 11.5 Å². The summed E-state index contributed by atoms with van der Waals surface area (Å²) in [6.07, 6.45) is -1.34. The fourth-order valence-electron chi connectivity index (χ4n) is 2.05. The van der Waals surface area contributed by atoms with Gasteiger partial charge in [-0.15, -0.1) is 0 Å². The van der Waals surface area contributed by atoms with E-state index < -0.39 is 11.9 Å². The predicted octanol–water partition coefficient (Wildman–Crippen LogP) is 3.35. The van der Waals surface area contributed by atoms with Crippen LogP contribution in [0, 0.1) is 11.2 Å². The number of nitrogens with zero attached hydrogens (tertiary/aromatic N) is 4. The molecule has 2 aromatic rings. The second-order valence-corrected chi connectivity index (χ2v) is 6.11. The zero-order chi connectivity index (χ0) is 15.0. The number of rotatable bonds is 1. The van der Waals surface area contributed by atoms with E-state index in [1.54, 1.807) is 0 Å². The molecule has 0 amide bonds. The highest BCUT2D eigenvalue weighted by molar-refractivity contribution is 14.2. The summed E-state index contributed by atoms with van der Waals surface area (Å²) in [6.45, 7) is 1.55. The van der Waals surface area contributed by atoms with Gasteiger partial charge in [-0.3, -0.25) is 4.40 Å². The Morgan fingerprint density at radius 2 is 2.10 bits per heavy atom. The lowest BCUT2D eigenvalue weighted by Crippen LogP contribution is -2.38. The van der Waals surface area contributed by atoms with Crippen molar-refractivity contribution in [2.45, 2.75) is 12.6 Å². The van der Waals surface area contributed by atoms with Gasteiger partial charge in [0, 0.05) is 40.5 Å². The molecule has 0 spiro atoms. The molecule has 4 nitrogen and oxygen atoms in total. The lowest BCUT2D eigenvalue weighted by Gasteiger charge is -2.32. The predicted molar refractivity (Wildman–Crippen MR) is 83.3 cm³/mol. The molecule has 0 radical (unpaired) electrons. The Balaban J connectivity index is 2.22. The van der Waals surface area contributed by atoms with Crippen molar-refractivity contribution >= 4 is 41.6 Å². The first-order chi connectivity index (χ1) is 10.0. The number of aromatic nitrogens is 3. The second-order valence-electron chi connectivity index (χ2n) is 4.43. The average molecular weight is 424 g/mol. The van der Waals surface area contributed by atoms with Gasteiger partial charge in [0.15, 0.2) is 11.5 Å². The molecular weight excluding hydrogens is 416 g/mol. The largest absolute Gasteiger partial charge is 0.433 e. The minimum atomic E-state index is -4.46. The van der Waals surface area contributed by atoms with Gasteiger partial charge in [0.1, 0.15) is 11.4 Å². The van der Waals surface area contributed by atoms with Gasteiger partial charge in [0.25, 0.3) is 0 Å². The van der Waals surface area contributed by atoms with Gasteiger partial charge in [-0.2, -0.15) is 13.2 Å². The summed E-state index contributed by atoms with van der Waals surface area (Å²) in [5.74, 6) is 3.21. The van der Waals surface area contributed by atoms with Crippen LogP contribution in [0.4, 0.5) is 19.0 Å². The van der Waals surface area contributed by atoms with Crippen molar-refractivity contribution in [3.8, 4) is 11.2 Å². The van der Waals surface area contributed by atoms with E-state index in [-0.39, 0.29) is 5.65 Å². The SMILES string of the molecule is FC(F)(F)c1cnc2c(N3CCC3)nc(C#CSI)cn12. The fraction of sp³-hybridized carbons (Fsp3) is 0.333. The molecule has 110 valence electrons. The number of imidazole rings is 1. The number of fused-ring (bicyclic) bond motifs is 1. The highest BCUT2D eigenvalue weighted by Gasteiger charge is 2.35. The molecule has 3 rings (SSSR count). The molecule has 0 unspecified atom stereocenters. The Morgan fingerprint density at radius 3 is 2.67 bits per heavy atom. The van der Waals surface area contributed by atoms with Crippen molar-refractivity contribution in [1.82, 2.24) is 14.4 Å². The van der Waals surface area contributed by atoms with Crippen LogP contribution in [0.3, 0.4) is 0 Å². The third-order valence-electron chi connectivity index (χ3n) is 3.14. The first kappa shape index (κ1) is 14.8. The van der Waals surface area contributed by atoms with Crippen molar-refractivity contribution in [2.24, 2.45) is 0 Å². The number of alkyl halides is 3. The standard InChI is InChI=1S/C12H8F3IN4S/c13-12(14,15)9-6-17-10-11(19-3-1-4-19)18-8(2-5-21-16)7-20(9)10/h6-7H,1,3-4H2. The van der Waals surface area contributed by atoms with Crippen LogP contribution in [0.15, 0.2) is 12.4 Å². The topological polar surface area (TPSA) is 33.4 Å². The van der Waals surface area contributed by atoms with Crippen molar-refractivity contribution < 1.29 is 13.2 Å². The summed E-state index contributed by atoms with van der Waals surface area (Å²) in [7, 11) is 1.26.